The largest absolute Gasteiger partial charge is 0.207 e. The Morgan fingerprint density at radius 2 is 0.750 bits per heavy atom. The number of benzene rings is 2. The Morgan fingerprint density at radius 1 is 0.500 bits per heavy atom. The van der Waals surface area contributed by atoms with Crippen LogP contribution in [0.4, 0.5) is 43.9 Å². The third kappa shape index (κ3) is 3.14. The third-order valence-electron chi connectivity index (χ3n) is 4.90. The summed E-state index contributed by atoms with van der Waals surface area (Å²) in [5, 5.41) is 0. The van der Waals surface area contributed by atoms with Gasteiger partial charge < -0.3 is 0 Å². The van der Waals surface area contributed by atoms with Gasteiger partial charge in [-0.25, -0.2) is 43.9 Å². The van der Waals surface area contributed by atoms with Gasteiger partial charge in [0.25, 0.3) is 0 Å². The summed E-state index contributed by atoms with van der Waals surface area (Å²) in [7, 11) is 0. The number of halogens is 10. The monoisotopic (exact) mass is 417 g/mol. The van der Waals surface area contributed by atoms with Crippen LogP contribution in [0.25, 0.3) is 0 Å². The average molecular weight is 417 g/mol. The first-order valence-electron chi connectivity index (χ1n) is 8.16. The number of unbranched alkanes of at least 4 members (excludes halogenated alkanes) is 1. The molecule has 0 spiro atoms. The first kappa shape index (κ1) is 22.1. The van der Waals surface area contributed by atoms with Gasteiger partial charge in [-0.15, -0.1) is 10.9 Å². The van der Waals surface area contributed by atoms with E-state index in [0.29, 0.717) is 6.82 Å². The van der Waals surface area contributed by atoms with E-state index in [1.54, 1.807) is 0 Å². The molecule has 154 valence electrons. The highest BCUT2D eigenvalue weighted by atomic mass is 19.2. The molecule has 0 heterocycles. The second kappa shape index (κ2) is 7.67. The van der Waals surface area contributed by atoms with Gasteiger partial charge in [-0.05, 0) is 0 Å². The predicted molar refractivity (Wildman–Crippen MR) is 83.1 cm³/mol. The summed E-state index contributed by atoms with van der Waals surface area (Å²) in [5.41, 5.74) is -3.24. The molecule has 2 rings (SSSR count). The van der Waals surface area contributed by atoms with E-state index in [-0.39, 0.29) is 12.8 Å². The first-order chi connectivity index (χ1) is 12.9. The van der Waals surface area contributed by atoms with Crippen LogP contribution in [0.5, 0.6) is 0 Å². The fourth-order valence-corrected chi connectivity index (χ4v) is 3.41. The Balaban J connectivity index is 3.02. The van der Waals surface area contributed by atoms with E-state index in [0.717, 1.165) is 0 Å². The van der Waals surface area contributed by atoms with Crippen molar-refractivity contribution in [3.05, 3.63) is 58.2 Å². The summed E-state index contributed by atoms with van der Waals surface area (Å²) in [4.78, 5) is 0. The zero-order chi connectivity index (χ0) is 21.5. The average Bonchev–Trinajstić information content (AvgIpc) is 2.66. The van der Waals surface area contributed by atoms with Crippen LogP contribution >= 0.6 is 0 Å². The van der Waals surface area contributed by atoms with E-state index in [2.05, 4.69) is 0 Å². The molecule has 2 aromatic carbocycles. The molecule has 0 unspecified atom stereocenters. The molecule has 11 heteroatoms. The van der Waals surface area contributed by atoms with Gasteiger partial charge in [0, 0.05) is 0 Å². The highest BCUT2D eigenvalue weighted by molar-refractivity contribution is 7.01. The van der Waals surface area contributed by atoms with Crippen LogP contribution in [0.15, 0.2) is 0 Å². The van der Waals surface area contributed by atoms with Crippen molar-refractivity contribution < 1.29 is 43.9 Å². The molecule has 0 bridgehead atoms. The summed E-state index contributed by atoms with van der Waals surface area (Å²) >= 11 is 0. The summed E-state index contributed by atoms with van der Waals surface area (Å²) in [6.45, 7) is 2.25. The summed E-state index contributed by atoms with van der Waals surface area (Å²) in [6, 6.07) is 0. The Labute approximate surface area is 153 Å². The van der Waals surface area contributed by atoms with Crippen molar-refractivity contribution in [1.82, 2.24) is 0 Å². The third-order valence-corrected chi connectivity index (χ3v) is 4.90. The molecule has 0 nitrogen and oxygen atoms in total. The van der Waals surface area contributed by atoms with E-state index in [1.165, 1.54) is 6.92 Å². The molecular formula is C17H12BF10-. The zero-order valence-corrected chi connectivity index (χ0v) is 14.5. The zero-order valence-electron chi connectivity index (χ0n) is 14.5. The van der Waals surface area contributed by atoms with Crippen LogP contribution in [0.2, 0.25) is 13.1 Å². The highest BCUT2D eigenvalue weighted by Crippen LogP contribution is 2.27. The lowest BCUT2D eigenvalue weighted by Crippen LogP contribution is -2.61. The molecule has 0 aliphatic rings. The Morgan fingerprint density at radius 3 is 1.00 bits per heavy atom. The van der Waals surface area contributed by atoms with Crippen LogP contribution < -0.4 is 10.9 Å². The lowest BCUT2D eigenvalue weighted by molar-refractivity contribution is 0.381. The quantitative estimate of drug-likeness (QED) is 0.276. The van der Waals surface area contributed by atoms with Crippen molar-refractivity contribution in [2.24, 2.45) is 0 Å². The van der Waals surface area contributed by atoms with Crippen LogP contribution in [0.3, 0.4) is 0 Å². The molecule has 2 aromatic rings. The van der Waals surface area contributed by atoms with Crippen molar-refractivity contribution in [3.63, 3.8) is 0 Å². The van der Waals surface area contributed by atoms with Crippen molar-refractivity contribution in [2.45, 2.75) is 32.9 Å². The summed E-state index contributed by atoms with van der Waals surface area (Å²) in [5.74, 6) is -24.1. The van der Waals surface area contributed by atoms with Crippen LogP contribution in [-0.4, -0.2) is 6.15 Å². The molecular weight excluding hydrogens is 405 g/mol. The molecule has 0 radical (unpaired) electrons. The Bertz CT molecular complexity index is 813. The Kier molecular flexibility index (Phi) is 6.05. The van der Waals surface area contributed by atoms with Gasteiger partial charge in [0.05, 0.1) is 6.15 Å². The lowest BCUT2D eigenvalue weighted by atomic mass is 9.18. The molecule has 0 atom stereocenters. The summed E-state index contributed by atoms with van der Waals surface area (Å²) in [6.07, 6.45) is -4.04. The van der Waals surface area contributed by atoms with Gasteiger partial charge >= 0.3 is 0 Å². The summed E-state index contributed by atoms with van der Waals surface area (Å²) < 4.78 is 139. The van der Waals surface area contributed by atoms with Crippen LogP contribution in [-0.2, 0) is 0 Å². The van der Waals surface area contributed by atoms with E-state index >= 15 is 0 Å². The normalized spacial score (nSPS) is 12.0. The standard InChI is InChI=1S/C17H12BF10/c1-3-4-5-18(2,6-8(19)12(23)16(27)13(24)9(6)20)7-10(21)14(25)17(28)15(26)11(7)22/h3-5H2,1-2H3/q-1. The SMILES string of the molecule is CCCC[B-](C)(c1c(F)c(F)c(F)c(F)c1F)c1c(F)c(F)c(F)c(F)c1F. The molecule has 0 aromatic heterocycles. The fourth-order valence-electron chi connectivity index (χ4n) is 3.41. The topological polar surface area (TPSA) is 0 Å². The number of hydrogen-bond acceptors (Lipinski definition) is 0. The first-order valence-corrected chi connectivity index (χ1v) is 8.16. The van der Waals surface area contributed by atoms with E-state index in [9.17, 15) is 43.9 Å². The molecule has 0 saturated carbocycles. The molecule has 0 fully saturated rings. The van der Waals surface area contributed by atoms with Gasteiger partial charge in [0.2, 0.25) is 0 Å². The van der Waals surface area contributed by atoms with Gasteiger partial charge in [-0.2, -0.15) is 13.1 Å². The molecule has 0 saturated heterocycles. The van der Waals surface area contributed by atoms with E-state index in [4.69, 9.17) is 0 Å². The van der Waals surface area contributed by atoms with Gasteiger partial charge in [0.15, 0.2) is 34.9 Å². The van der Waals surface area contributed by atoms with Gasteiger partial charge in [-0.3, -0.25) is 0 Å². The number of hydrogen-bond donors (Lipinski definition) is 0. The van der Waals surface area contributed by atoms with Crippen molar-refractivity contribution >= 4 is 17.1 Å². The highest BCUT2D eigenvalue weighted by Gasteiger charge is 2.39. The number of rotatable bonds is 5. The lowest BCUT2D eigenvalue weighted by Gasteiger charge is -2.39. The molecule has 28 heavy (non-hydrogen) atoms. The maximum absolute atomic E-state index is 14.3. The molecule has 0 amide bonds. The van der Waals surface area contributed by atoms with Crippen LogP contribution in [0.1, 0.15) is 19.8 Å². The van der Waals surface area contributed by atoms with Gasteiger partial charge in [0.1, 0.15) is 23.3 Å². The van der Waals surface area contributed by atoms with Crippen molar-refractivity contribution in [2.75, 3.05) is 0 Å². The van der Waals surface area contributed by atoms with Crippen molar-refractivity contribution in [1.29, 1.82) is 0 Å². The van der Waals surface area contributed by atoms with E-state index < -0.39 is 81.6 Å². The second-order valence-corrected chi connectivity index (χ2v) is 6.65. The van der Waals surface area contributed by atoms with Crippen LogP contribution in [0, 0.1) is 58.2 Å². The minimum atomic E-state index is -3.61. The molecule has 0 aliphatic carbocycles. The minimum Gasteiger partial charge on any atom is -0.207 e. The minimum absolute atomic E-state index is 0.0600. The van der Waals surface area contributed by atoms with E-state index in [1.807, 2.05) is 0 Å². The predicted octanol–water partition coefficient (Wildman–Crippen LogP) is 5.07. The van der Waals surface area contributed by atoms with Gasteiger partial charge in [-0.1, -0.05) is 19.8 Å². The van der Waals surface area contributed by atoms with Crippen molar-refractivity contribution in [3.8, 4) is 0 Å². The molecule has 0 N–H and O–H groups in total. The smallest absolute Gasteiger partial charge is 0.200 e. The molecule has 0 aliphatic heterocycles. The second-order valence-electron chi connectivity index (χ2n) is 6.65. The maximum atomic E-state index is 14.3. The Hall–Kier alpha value is -2.20. The maximum Gasteiger partial charge on any atom is 0.200 e. The fraction of sp³-hybridized carbons (Fsp3) is 0.294.